The Morgan fingerprint density at radius 3 is 2.44 bits per heavy atom. The van der Waals surface area contributed by atoms with Gasteiger partial charge in [-0.25, -0.2) is 0 Å². The molecule has 0 aromatic carbocycles. The summed E-state index contributed by atoms with van der Waals surface area (Å²) in [5, 5.41) is 3.67. The van der Waals surface area contributed by atoms with E-state index in [-0.39, 0.29) is 0 Å². The molecule has 1 saturated heterocycles. The molecule has 2 heteroatoms. The van der Waals surface area contributed by atoms with Crippen molar-refractivity contribution in [3.05, 3.63) is 0 Å². The molecule has 0 spiro atoms. The Bertz CT molecular complexity index is 191. The molecule has 1 atom stereocenters. The summed E-state index contributed by atoms with van der Waals surface area (Å²) < 4.78 is 5.38. The molecule has 2 nitrogen and oxygen atoms in total. The van der Waals surface area contributed by atoms with Gasteiger partial charge in [0, 0.05) is 12.6 Å². The lowest BCUT2D eigenvalue weighted by atomic mass is 9.77. The van der Waals surface area contributed by atoms with Crippen molar-refractivity contribution in [2.45, 2.75) is 52.0 Å². The maximum atomic E-state index is 5.38. The van der Waals surface area contributed by atoms with Crippen LogP contribution in [-0.2, 0) is 4.74 Å². The van der Waals surface area contributed by atoms with Gasteiger partial charge in [-0.3, -0.25) is 0 Å². The van der Waals surface area contributed by atoms with Crippen molar-refractivity contribution in [3.8, 4) is 0 Å². The lowest BCUT2D eigenvalue weighted by Gasteiger charge is -2.31. The molecule has 1 heterocycles. The molecule has 0 radical (unpaired) electrons. The van der Waals surface area contributed by atoms with Crippen LogP contribution in [0.2, 0.25) is 0 Å². The van der Waals surface area contributed by atoms with Crippen molar-refractivity contribution < 1.29 is 4.74 Å². The van der Waals surface area contributed by atoms with Crippen LogP contribution in [0.4, 0.5) is 0 Å². The minimum Gasteiger partial charge on any atom is -0.380 e. The van der Waals surface area contributed by atoms with Crippen LogP contribution in [0.15, 0.2) is 0 Å². The smallest absolute Gasteiger partial charge is 0.0620 e. The van der Waals surface area contributed by atoms with Gasteiger partial charge >= 0.3 is 0 Å². The summed E-state index contributed by atoms with van der Waals surface area (Å²) in [7, 11) is 0. The molecule has 2 fully saturated rings. The first kappa shape index (κ1) is 12.4. The molecule has 0 amide bonds. The Morgan fingerprint density at radius 2 is 1.88 bits per heavy atom. The zero-order chi connectivity index (χ0) is 11.4. The van der Waals surface area contributed by atoms with Crippen LogP contribution < -0.4 is 5.32 Å². The molecule has 1 saturated carbocycles. The molecule has 1 unspecified atom stereocenters. The lowest BCUT2D eigenvalue weighted by Crippen LogP contribution is -2.35. The first-order valence-electron chi connectivity index (χ1n) is 7.07. The summed E-state index contributed by atoms with van der Waals surface area (Å²) >= 11 is 0. The number of nitrogens with one attached hydrogen (secondary N) is 1. The van der Waals surface area contributed by atoms with Crippen LogP contribution in [0.25, 0.3) is 0 Å². The van der Waals surface area contributed by atoms with Gasteiger partial charge in [0.25, 0.3) is 0 Å². The monoisotopic (exact) mass is 225 g/mol. The minimum absolute atomic E-state index is 0.642. The Hall–Kier alpha value is -0.0800. The zero-order valence-corrected chi connectivity index (χ0v) is 10.9. The summed E-state index contributed by atoms with van der Waals surface area (Å²) in [4.78, 5) is 0. The van der Waals surface area contributed by atoms with Gasteiger partial charge in [-0.1, -0.05) is 13.8 Å². The number of rotatable bonds is 4. The van der Waals surface area contributed by atoms with Crippen molar-refractivity contribution >= 4 is 0 Å². The summed E-state index contributed by atoms with van der Waals surface area (Å²) in [6.45, 7) is 7.86. The molecular weight excluding hydrogens is 198 g/mol. The molecule has 1 N–H and O–H groups in total. The van der Waals surface area contributed by atoms with Crippen LogP contribution in [0.3, 0.4) is 0 Å². The molecule has 0 aromatic rings. The highest BCUT2D eigenvalue weighted by Crippen LogP contribution is 2.32. The summed E-state index contributed by atoms with van der Waals surface area (Å²) in [5.74, 6) is 2.80. The maximum Gasteiger partial charge on any atom is 0.0620 e. The van der Waals surface area contributed by atoms with E-state index in [4.69, 9.17) is 4.74 Å². The Kier molecular flexibility index (Phi) is 4.66. The predicted molar refractivity (Wildman–Crippen MR) is 67.5 cm³/mol. The van der Waals surface area contributed by atoms with Crippen LogP contribution in [0.1, 0.15) is 46.0 Å². The normalized spacial score (nSPS) is 35.8. The molecular formula is C14H27NO. The van der Waals surface area contributed by atoms with Gasteiger partial charge in [-0.15, -0.1) is 0 Å². The highest BCUT2D eigenvalue weighted by molar-refractivity contribution is 4.78. The zero-order valence-electron chi connectivity index (χ0n) is 10.9. The van der Waals surface area contributed by atoms with E-state index in [1.54, 1.807) is 0 Å². The third kappa shape index (κ3) is 3.46. The van der Waals surface area contributed by atoms with Crippen molar-refractivity contribution in [3.63, 3.8) is 0 Å². The van der Waals surface area contributed by atoms with Gasteiger partial charge in [0.2, 0.25) is 0 Å². The second-order valence-electron chi connectivity index (χ2n) is 5.99. The third-order valence-electron chi connectivity index (χ3n) is 4.46. The van der Waals surface area contributed by atoms with Crippen LogP contribution in [0.5, 0.6) is 0 Å². The number of ether oxygens (including phenoxy) is 1. The molecule has 1 aliphatic heterocycles. The fourth-order valence-corrected chi connectivity index (χ4v) is 3.09. The quantitative estimate of drug-likeness (QED) is 0.794. The van der Waals surface area contributed by atoms with Crippen LogP contribution in [-0.4, -0.2) is 25.8 Å². The molecule has 0 bridgehead atoms. The Morgan fingerprint density at radius 1 is 1.12 bits per heavy atom. The van der Waals surface area contributed by atoms with E-state index >= 15 is 0 Å². The van der Waals surface area contributed by atoms with Gasteiger partial charge in [-0.2, -0.15) is 0 Å². The van der Waals surface area contributed by atoms with E-state index in [0.29, 0.717) is 6.04 Å². The summed E-state index contributed by atoms with van der Waals surface area (Å²) in [6.07, 6.45) is 6.98. The molecule has 1 aliphatic carbocycles. The highest BCUT2D eigenvalue weighted by atomic mass is 16.5. The number of hydrogen-bond donors (Lipinski definition) is 1. The Labute approximate surface area is 100 Å². The SMILES string of the molecule is CC(C)C1CCC(CNC2CCOC2)CC1. The van der Waals surface area contributed by atoms with E-state index in [2.05, 4.69) is 19.2 Å². The van der Waals surface area contributed by atoms with E-state index in [1.165, 1.54) is 38.6 Å². The standard InChI is InChI=1S/C14H27NO/c1-11(2)13-5-3-12(4-6-13)9-15-14-7-8-16-10-14/h11-15H,3-10H2,1-2H3. The van der Waals surface area contributed by atoms with E-state index in [1.807, 2.05) is 0 Å². The van der Waals surface area contributed by atoms with Crippen molar-refractivity contribution in [1.82, 2.24) is 5.32 Å². The second-order valence-corrected chi connectivity index (χ2v) is 5.99. The van der Waals surface area contributed by atoms with Gasteiger partial charge in [0.1, 0.15) is 0 Å². The average Bonchev–Trinajstić information content (AvgIpc) is 2.80. The van der Waals surface area contributed by atoms with E-state index < -0.39 is 0 Å². The van der Waals surface area contributed by atoms with Crippen molar-refractivity contribution in [2.75, 3.05) is 19.8 Å². The number of hydrogen-bond acceptors (Lipinski definition) is 2. The first-order chi connectivity index (χ1) is 7.75. The molecule has 94 valence electrons. The molecule has 2 rings (SSSR count). The van der Waals surface area contributed by atoms with Crippen molar-refractivity contribution in [2.24, 2.45) is 17.8 Å². The second kappa shape index (κ2) is 6.02. The van der Waals surface area contributed by atoms with E-state index in [9.17, 15) is 0 Å². The minimum atomic E-state index is 0.642. The maximum absolute atomic E-state index is 5.38. The largest absolute Gasteiger partial charge is 0.380 e. The third-order valence-corrected chi connectivity index (χ3v) is 4.46. The first-order valence-corrected chi connectivity index (χ1v) is 7.07. The van der Waals surface area contributed by atoms with Crippen molar-refractivity contribution in [1.29, 1.82) is 0 Å². The van der Waals surface area contributed by atoms with Gasteiger partial charge < -0.3 is 10.1 Å². The van der Waals surface area contributed by atoms with E-state index in [0.717, 1.165) is 31.0 Å². The Balaban J connectivity index is 1.61. The van der Waals surface area contributed by atoms with Crippen LogP contribution in [0, 0.1) is 17.8 Å². The fraction of sp³-hybridized carbons (Fsp3) is 1.00. The summed E-state index contributed by atoms with van der Waals surface area (Å²) in [6, 6.07) is 0.642. The molecule has 2 aliphatic rings. The van der Waals surface area contributed by atoms with Gasteiger partial charge in [-0.05, 0) is 56.4 Å². The average molecular weight is 225 g/mol. The summed E-state index contributed by atoms with van der Waals surface area (Å²) in [5.41, 5.74) is 0. The lowest BCUT2D eigenvalue weighted by molar-refractivity contribution is 0.184. The topological polar surface area (TPSA) is 21.3 Å². The predicted octanol–water partition coefficient (Wildman–Crippen LogP) is 2.83. The fourth-order valence-electron chi connectivity index (χ4n) is 3.09. The molecule has 16 heavy (non-hydrogen) atoms. The highest BCUT2D eigenvalue weighted by Gasteiger charge is 2.24. The van der Waals surface area contributed by atoms with Gasteiger partial charge in [0.05, 0.1) is 6.61 Å². The van der Waals surface area contributed by atoms with Gasteiger partial charge in [0.15, 0.2) is 0 Å². The molecule has 0 aromatic heterocycles. The van der Waals surface area contributed by atoms with Crippen LogP contribution >= 0.6 is 0 Å².